The normalized spacial score (nSPS) is 11.8. The van der Waals surface area contributed by atoms with Crippen LogP contribution in [0.3, 0.4) is 0 Å². The average molecular weight is 989 g/mol. The molecule has 0 aliphatic heterocycles. The number of ether oxygens (including phenoxy) is 4. The maximum Gasteiger partial charge on any atom is 0.326 e. The highest BCUT2D eigenvalue weighted by Gasteiger charge is 2.21. The fraction of sp³-hybridized carbons (Fsp3) is 0.809. The van der Waals surface area contributed by atoms with Gasteiger partial charge in [0, 0.05) is 64.8 Å². The number of carbonyl (C=O) groups is 9. The molecule has 0 fully saturated rings. The van der Waals surface area contributed by atoms with Crippen molar-refractivity contribution in [2.75, 3.05) is 85.6 Å². The Kier molecular flexibility index (Phi) is 42.3. The predicted octanol–water partition coefficient (Wildman–Crippen LogP) is 2.59. The lowest BCUT2D eigenvalue weighted by molar-refractivity contribution is -0.143. The molecular weight excluding hydrogens is 905 g/mol. The number of unbranched alkanes of at least 4 members (excludes halogenated alkanes) is 15. The van der Waals surface area contributed by atoms with Crippen LogP contribution in [0.25, 0.3) is 0 Å². The third kappa shape index (κ3) is 45.3. The van der Waals surface area contributed by atoms with E-state index in [0.717, 1.165) is 38.5 Å². The minimum Gasteiger partial charge on any atom is -0.481 e. The molecule has 0 aliphatic rings. The molecule has 0 saturated heterocycles. The summed E-state index contributed by atoms with van der Waals surface area (Å²) in [5.74, 6) is -6.04. The first-order chi connectivity index (χ1) is 33.2. The molecule has 1 unspecified atom stereocenters. The van der Waals surface area contributed by atoms with Gasteiger partial charge in [-0.2, -0.15) is 0 Å². The van der Waals surface area contributed by atoms with Gasteiger partial charge >= 0.3 is 17.9 Å². The van der Waals surface area contributed by atoms with Gasteiger partial charge in [0.2, 0.25) is 35.4 Å². The van der Waals surface area contributed by atoms with Gasteiger partial charge in [0.15, 0.2) is 0 Å². The number of hydrogen-bond acceptors (Lipinski definition) is 13. The second-order valence-corrected chi connectivity index (χ2v) is 16.8. The molecule has 0 bridgehead atoms. The molecule has 6 amide bonds. The van der Waals surface area contributed by atoms with Gasteiger partial charge in [0.1, 0.15) is 19.3 Å². The van der Waals surface area contributed by atoms with Gasteiger partial charge in [-0.05, 0) is 19.3 Å². The van der Waals surface area contributed by atoms with Crippen molar-refractivity contribution in [2.45, 2.75) is 154 Å². The molecule has 22 nitrogen and oxygen atoms in total. The average Bonchev–Trinajstić information content (AvgIpc) is 3.30. The van der Waals surface area contributed by atoms with Gasteiger partial charge in [0.05, 0.1) is 45.6 Å². The van der Waals surface area contributed by atoms with E-state index >= 15 is 0 Å². The van der Waals surface area contributed by atoms with Crippen LogP contribution in [0, 0.1) is 5.92 Å². The van der Waals surface area contributed by atoms with Crippen LogP contribution in [-0.2, 0) is 62.1 Å². The minimum atomic E-state index is -1.19. The summed E-state index contributed by atoms with van der Waals surface area (Å²) in [7, 11) is 0. The van der Waals surface area contributed by atoms with E-state index < -0.39 is 35.8 Å². The molecule has 0 saturated carbocycles. The van der Waals surface area contributed by atoms with Crippen molar-refractivity contribution in [3.05, 3.63) is 0 Å². The van der Waals surface area contributed by atoms with Crippen molar-refractivity contribution < 1.29 is 77.4 Å². The van der Waals surface area contributed by atoms with E-state index in [0.29, 0.717) is 6.42 Å². The van der Waals surface area contributed by atoms with E-state index in [1.165, 1.54) is 64.7 Å². The fourth-order valence-corrected chi connectivity index (χ4v) is 6.57. The smallest absolute Gasteiger partial charge is 0.326 e. The number of carboxylic acid groups (broad SMARTS) is 3. The third-order valence-corrected chi connectivity index (χ3v) is 10.5. The summed E-state index contributed by atoms with van der Waals surface area (Å²) in [4.78, 5) is 105. The zero-order valence-electron chi connectivity index (χ0n) is 41.1. The Morgan fingerprint density at radius 3 is 1.23 bits per heavy atom. The number of carboxylic acids is 3. The van der Waals surface area contributed by atoms with E-state index in [1.807, 2.05) is 0 Å². The van der Waals surface area contributed by atoms with Gasteiger partial charge in [-0.15, -0.1) is 0 Å². The number of carbonyl (C=O) groups excluding carboxylic acids is 6. The van der Waals surface area contributed by atoms with E-state index in [4.69, 9.17) is 29.2 Å². The second-order valence-electron chi connectivity index (χ2n) is 16.8. The van der Waals surface area contributed by atoms with Crippen molar-refractivity contribution in [1.29, 1.82) is 0 Å². The maximum atomic E-state index is 12.4. The quantitative estimate of drug-likeness (QED) is 0.0396. The largest absolute Gasteiger partial charge is 0.481 e. The first-order valence-corrected chi connectivity index (χ1v) is 24.8. The highest BCUT2D eigenvalue weighted by atomic mass is 16.5. The standard InChI is InChI=1S/C47H84N6O16/c1-37(46(62)63)34-42(57)48-23-22-40(55)49-24-25-50-43(58)35-68-32-31-67-29-27-52-44(59)36-69-33-30-66-28-26-51-39(54)21-20-38(47(64)65)53-41(56)18-16-14-12-10-8-6-4-2-3-5-7-9-11-13-15-17-19-45(60)61/h37-38H,2-36H2,1H3,(H,48,57)(H,49,55)(H,50,58)(H,51,54)(H,52,59)(H,53,56)(H,60,61)(H,62,63)(H,64,65)/t37?,38-/m0/s1. The van der Waals surface area contributed by atoms with Crippen LogP contribution < -0.4 is 31.9 Å². The highest BCUT2D eigenvalue weighted by molar-refractivity contribution is 5.85. The molecule has 9 N–H and O–H groups in total. The minimum absolute atomic E-state index is 0.00642. The van der Waals surface area contributed by atoms with Crippen LogP contribution in [0.1, 0.15) is 148 Å². The maximum absolute atomic E-state index is 12.4. The van der Waals surface area contributed by atoms with E-state index in [1.54, 1.807) is 0 Å². The number of nitrogens with one attached hydrogen (secondary N) is 6. The van der Waals surface area contributed by atoms with Gasteiger partial charge in [-0.3, -0.25) is 38.4 Å². The van der Waals surface area contributed by atoms with E-state index in [2.05, 4.69) is 31.9 Å². The van der Waals surface area contributed by atoms with Gasteiger partial charge < -0.3 is 66.2 Å². The van der Waals surface area contributed by atoms with Crippen LogP contribution in [0.15, 0.2) is 0 Å². The Balaban J connectivity index is 3.66. The zero-order valence-corrected chi connectivity index (χ0v) is 41.1. The summed E-state index contributed by atoms with van der Waals surface area (Å²) in [6, 6.07) is -1.15. The molecule has 2 atom stereocenters. The first kappa shape index (κ1) is 64.1. The summed E-state index contributed by atoms with van der Waals surface area (Å²) in [6.07, 6.45) is 17.9. The molecule has 0 aliphatic carbocycles. The molecule has 0 spiro atoms. The monoisotopic (exact) mass is 989 g/mol. The molecule has 69 heavy (non-hydrogen) atoms. The second kappa shape index (κ2) is 45.5. The third-order valence-electron chi connectivity index (χ3n) is 10.5. The Bertz CT molecular complexity index is 1450. The molecule has 0 aromatic rings. The van der Waals surface area contributed by atoms with Crippen LogP contribution in [0.5, 0.6) is 0 Å². The Hall–Kier alpha value is -4.93. The van der Waals surface area contributed by atoms with Crippen LogP contribution in [0.4, 0.5) is 0 Å². The van der Waals surface area contributed by atoms with Gasteiger partial charge in [-0.25, -0.2) is 4.79 Å². The van der Waals surface area contributed by atoms with Crippen LogP contribution in [0.2, 0.25) is 0 Å². The van der Waals surface area contributed by atoms with Gasteiger partial charge in [-0.1, -0.05) is 96.8 Å². The Morgan fingerprint density at radius 2 is 0.768 bits per heavy atom. The van der Waals surface area contributed by atoms with Crippen LogP contribution in [-0.4, -0.2) is 160 Å². The first-order valence-electron chi connectivity index (χ1n) is 24.8. The SMILES string of the molecule is CC(CC(=O)NCCC(=O)NCCNC(=O)COCCOCCNC(=O)COCCOCCNC(=O)CC[C@H](NC(=O)CCCCCCCCCCCCCCCCCCC(=O)O)C(=O)O)C(=O)O. The summed E-state index contributed by atoms with van der Waals surface area (Å²) < 4.78 is 21.2. The molecular formula is C47H84N6O16. The van der Waals surface area contributed by atoms with Crippen molar-refractivity contribution in [1.82, 2.24) is 31.9 Å². The lowest BCUT2D eigenvalue weighted by atomic mass is 10.0. The Morgan fingerprint density at radius 1 is 0.377 bits per heavy atom. The zero-order chi connectivity index (χ0) is 51.2. The molecule has 0 rings (SSSR count). The summed E-state index contributed by atoms with van der Waals surface area (Å²) >= 11 is 0. The molecule has 0 radical (unpaired) electrons. The fourth-order valence-electron chi connectivity index (χ4n) is 6.57. The molecule has 0 aromatic carbocycles. The molecule has 0 aromatic heterocycles. The lowest BCUT2D eigenvalue weighted by Gasteiger charge is -2.14. The molecule has 0 heterocycles. The van der Waals surface area contributed by atoms with Gasteiger partial charge in [0.25, 0.3) is 0 Å². The van der Waals surface area contributed by atoms with Crippen molar-refractivity contribution in [3.8, 4) is 0 Å². The summed E-state index contributed by atoms with van der Waals surface area (Å²) in [6.45, 7) is 2.87. The predicted molar refractivity (Wildman–Crippen MR) is 254 cm³/mol. The van der Waals surface area contributed by atoms with E-state index in [9.17, 15) is 48.3 Å². The number of hydrogen-bond donors (Lipinski definition) is 9. The van der Waals surface area contributed by atoms with Crippen molar-refractivity contribution in [3.63, 3.8) is 0 Å². The van der Waals surface area contributed by atoms with Crippen molar-refractivity contribution in [2.24, 2.45) is 5.92 Å². The topological polar surface area (TPSA) is 323 Å². The Labute approximate surface area is 407 Å². The summed E-state index contributed by atoms with van der Waals surface area (Å²) in [5, 5.41) is 42.5. The summed E-state index contributed by atoms with van der Waals surface area (Å²) in [5.41, 5.74) is 0. The molecule has 22 heteroatoms. The number of rotatable bonds is 49. The lowest BCUT2D eigenvalue weighted by Crippen LogP contribution is -2.41. The number of aliphatic carboxylic acids is 3. The van der Waals surface area contributed by atoms with E-state index in [-0.39, 0.29) is 154 Å². The molecule has 398 valence electrons. The van der Waals surface area contributed by atoms with Crippen molar-refractivity contribution >= 4 is 53.4 Å². The highest BCUT2D eigenvalue weighted by Crippen LogP contribution is 2.14. The van der Waals surface area contributed by atoms with Crippen LogP contribution >= 0.6 is 0 Å². The number of amides is 6.